The number of benzene rings is 1. The van der Waals surface area contributed by atoms with Crippen LogP contribution in [-0.4, -0.2) is 64.4 Å². The summed E-state index contributed by atoms with van der Waals surface area (Å²) in [5.74, 6) is 4.94. The SMILES string of the molecule is C.C.C.C.C.C.C.C.C.C.C.C.C=C(C)COCCCC(C)C.C=CC(=O)OCCCC(C)C.C=CC(C)C.C=CCCCC(C)C.C=Cc1ccc(C(C)C)cc1.CC(C)CCCC1CO1.CC(C)CCCOCC1CO1. The van der Waals surface area contributed by atoms with Gasteiger partial charge in [-0.15, -0.1) is 13.2 Å². The van der Waals surface area contributed by atoms with Crippen molar-refractivity contribution in [2.75, 3.05) is 46.2 Å². The van der Waals surface area contributed by atoms with E-state index in [0.29, 0.717) is 36.6 Å². The topological polar surface area (TPSA) is 69.8 Å². The summed E-state index contributed by atoms with van der Waals surface area (Å²) in [6.45, 7) is 56.6. The molecule has 0 amide bonds. The van der Waals surface area contributed by atoms with Crippen LogP contribution in [0.3, 0.4) is 0 Å². The van der Waals surface area contributed by atoms with E-state index >= 15 is 0 Å². The van der Waals surface area contributed by atoms with Gasteiger partial charge in [0.15, 0.2) is 0 Å². The number of hydrogen-bond donors (Lipinski definition) is 0. The quantitative estimate of drug-likeness (QED) is 0.0274. The molecule has 0 bridgehead atoms. The number of allylic oxidation sites excluding steroid dienone is 2. The molecule has 2 fully saturated rings. The van der Waals surface area contributed by atoms with E-state index in [9.17, 15) is 4.79 Å². The van der Waals surface area contributed by atoms with Crippen LogP contribution in [0, 0.1) is 35.5 Å². The summed E-state index contributed by atoms with van der Waals surface area (Å²) in [4.78, 5) is 10.5. The van der Waals surface area contributed by atoms with Gasteiger partial charge in [0, 0.05) is 19.3 Å². The van der Waals surface area contributed by atoms with Crippen LogP contribution in [0.25, 0.3) is 6.08 Å². The maximum absolute atomic E-state index is 10.5. The normalized spacial score (nSPS) is 11.9. The zero-order valence-electron chi connectivity index (χ0n) is 46.2. The Hall–Kier alpha value is -2.77. The second kappa shape index (κ2) is 85.5. The second-order valence-corrected chi connectivity index (χ2v) is 20.4. The number of carbonyl (C=O) groups excluding carboxylic acids is 1. The highest BCUT2D eigenvalue weighted by molar-refractivity contribution is 5.81. The van der Waals surface area contributed by atoms with Gasteiger partial charge in [-0.3, -0.25) is 0 Å². The fourth-order valence-corrected chi connectivity index (χ4v) is 5.21. The minimum absolute atomic E-state index is 0. The molecule has 78 heavy (non-hydrogen) atoms. The molecule has 0 spiro atoms. The first-order chi connectivity index (χ1) is 31.1. The maximum Gasteiger partial charge on any atom is 0.330 e. The van der Waals surface area contributed by atoms with Gasteiger partial charge in [-0.1, -0.05) is 273 Å². The zero-order chi connectivity index (χ0) is 51.1. The average Bonchev–Trinajstić information content (AvgIpc) is 4.20. The van der Waals surface area contributed by atoms with Crippen LogP contribution in [0.15, 0.2) is 81.0 Å². The molecule has 0 saturated carbocycles. The molecule has 2 saturated heterocycles. The lowest BCUT2D eigenvalue weighted by Gasteiger charge is -2.05. The fraction of sp³-hybridized carbons (Fsp3) is 0.764. The summed E-state index contributed by atoms with van der Waals surface area (Å²) in [6, 6.07) is 8.51. The van der Waals surface area contributed by atoms with E-state index in [2.05, 4.69) is 154 Å². The van der Waals surface area contributed by atoms with Crippen LogP contribution < -0.4 is 0 Å². The van der Waals surface area contributed by atoms with Crippen molar-refractivity contribution < 1.29 is 28.5 Å². The van der Waals surface area contributed by atoms with Crippen molar-refractivity contribution in [3.63, 3.8) is 0 Å². The summed E-state index contributed by atoms with van der Waals surface area (Å²) >= 11 is 0. The Balaban J connectivity index is -0.0000000404. The van der Waals surface area contributed by atoms with Crippen LogP contribution in [0.5, 0.6) is 0 Å². The lowest BCUT2D eigenvalue weighted by atomic mass is 10.0. The summed E-state index contributed by atoms with van der Waals surface area (Å²) in [6.07, 6.45) is 22.8. The van der Waals surface area contributed by atoms with E-state index in [-0.39, 0.29) is 95.1 Å². The molecule has 6 heteroatoms. The zero-order valence-corrected chi connectivity index (χ0v) is 46.2. The van der Waals surface area contributed by atoms with Gasteiger partial charge in [0.25, 0.3) is 0 Å². The molecule has 0 radical (unpaired) electrons. The Kier molecular flexibility index (Phi) is 130. The van der Waals surface area contributed by atoms with Gasteiger partial charge < -0.3 is 23.7 Å². The van der Waals surface area contributed by atoms with E-state index in [4.69, 9.17) is 23.7 Å². The summed E-state index contributed by atoms with van der Waals surface area (Å²) in [7, 11) is 0. The third-order valence-corrected chi connectivity index (χ3v) is 9.74. The molecule has 2 aliphatic heterocycles. The van der Waals surface area contributed by atoms with E-state index in [0.717, 1.165) is 81.7 Å². The molecule has 482 valence electrons. The van der Waals surface area contributed by atoms with E-state index in [1.807, 2.05) is 25.2 Å². The highest BCUT2D eigenvalue weighted by Gasteiger charge is 2.22. The largest absolute Gasteiger partial charge is 0.463 e. The second-order valence-electron chi connectivity index (χ2n) is 20.4. The molecule has 3 rings (SSSR count). The van der Waals surface area contributed by atoms with Crippen LogP contribution >= 0.6 is 0 Å². The first kappa shape index (κ1) is 118. The molecular formula is C72H158O6. The van der Waals surface area contributed by atoms with Gasteiger partial charge in [0.05, 0.1) is 39.1 Å². The molecule has 2 aliphatic rings. The predicted octanol–water partition coefficient (Wildman–Crippen LogP) is 25.1. The van der Waals surface area contributed by atoms with Crippen molar-refractivity contribution >= 4 is 12.0 Å². The molecule has 1 aromatic carbocycles. The Morgan fingerprint density at radius 1 is 0.551 bits per heavy atom. The lowest BCUT2D eigenvalue weighted by molar-refractivity contribution is -0.137. The summed E-state index contributed by atoms with van der Waals surface area (Å²) in [5.41, 5.74) is 3.68. The van der Waals surface area contributed by atoms with Crippen molar-refractivity contribution in [1.29, 1.82) is 0 Å². The number of hydrogen-bond acceptors (Lipinski definition) is 6. The number of carbonyl (C=O) groups is 1. The molecule has 2 heterocycles. The van der Waals surface area contributed by atoms with Crippen molar-refractivity contribution in [3.8, 4) is 0 Å². The van der Waals surface area contributed by atoms with E-state index < -0.39 is 0 Å². The third kappa shape index (κ3) is 117. The van der Waals surface area contributed by atoms with Crippen LogP contribution in [-0.2, 0) is 28.5 Å². The van der Waals surface area contributed by atoms with Crippen LogP contribution in [0.2, 0.25) is 0 Å². The van der Waals surface area contributed by atoms with Gasteiger partial charge in [-0.2, -0.15) is 0 Å². The van der Waals surface area contributed by atoms with Crippen molar-refractivity contribution in [3.05, 3.63) is 92.1 Å². The Morgan fingerprint density at radius 2 is 0.910 bits per heavy atom. The molecule has 6 nitrogen and oxygen atoms in total. The van der Waals surface area contributed by atoms with Crippen molar-refractivity contribution in [1.82, 2.24) is 0 Å². The molecule has 0 aromatic heterocycles. The molecule has 2 atom stereocenters. The van der Waals surface area contributed by atoms with Gasteiger partial charge in [0.1, 0.15) is 6.10 Å². The first-order valence-corrected chi connectivity index (χ1v) is 25.9. The minimum Gasteiger partial charge on any atom is -0.463 e. The van der Waals surface area contributed by atoms with Gasteiger partial charge in [-0.05, 0) is 117 Å². The Bertz CT molecular complexity index is 1230. The highest BCUT2D eigenvalue weighted by Crippen LogP contribution is 2.18. The molecule has 1 aromatic rings. The predicted molar refractivity (Wildman–Crippen MR) is 373 cm³/mol. The van der Waals surface area contributed by atoms with Crippen molar-refractivity contribution in [2.24, 2.45) is 35.5 Å². The Morgan fingerprint density at radius 3 is 1.22 bits per heavy atom. The highest BCUT2D eigenvalue weighted by atomic mass is 16.6. The number of esters is 1. The number of epoxide rings is 2. The standard InChI is InChI=1S/C11H14.C10H20O.C9H18O2.C9H16O2.C8H16O.C8H16.C5H10.12CH4/c1-4-10-5-7-11(8-6-10)9(2)3;1-9(2)6-5-7-11-8-10(3)4;1-8(2)4-3-5-10-6-9-7-11-9;1-4-9(10)11-7-5-6-8(2)3;1-7(2)4-3-5-8-6-9-8;1-4-5-6-7-8(2)3;1-4-5(2)3;;;;;;;;;;;;/h4-9H,1H2,2-3H3;9H,3,5-8H2,1-2,4H3;8-9H,3-7H2,1-2H3;4,8H,1,5-7H2,2-3H3;7-8H,3-6H2,1-2H3;4,8H,1,5-7H2,2-3H3;4-5H,1H2,2-3H3;12*1H4. The monoisotopic (exact) mass is 1120 g/mol. The van der Waals surface area contributed by atoms with Crippen molar-refractivity contribution in [2.45, 2.75) is 288 Å². The lowest BCUT2D eigenvalue weighted by Crippen LogP contribution is -2.03. The fourth-order valence-electron chi connectivity index (χ4n) is 5.21. The number of unbranched alkanes of at least 4 members (excludes halogenated alkanes) is 1. The molecule has 0 N–H and O–H groups in total. The van der Waals surface area contributed by atoms with Gasteiger partial charge in [-0.25, -0.2) is 4.79 Å². The minimum atomic E-state index is -0.325. The third-order valence-electron chi connectivity index (χ3n) is 9.74. The maximum atomic E-state index is 10.5. The molecule has 0 aliphatic carbocycles. The van der Waals surface area contributed by atoms with Gasteiger partial charge >= 0.3 is 5.97 Å². The number of ether oxygens (including phenoxy) is 5. The van der Waals surface area contributed by atoms with E-state index in [1.165, 1.54) is 81.4 Å². The smallest absolute Gasteiger partial charge is 0.330 e. The summed E-state index contributed by atoms with van der Waals surface area (Å²) < 4.78 is 25.6. The van der Waals surface area contributed by atoms with Crippen LogP contribution in [0.4, 0.5) is 0 Å². The molecular weight excluding hydrogens is 961 g/mol. The molecule has 2 unspecified atom stereocenters. The van der Waals surface area contributed by atoms with E-state index in [1.54, 1.807) is 0 Å². The summed E-state index contributed by atoms with van der Waals surface area (Å²) in [5, 5.41) is 0. The van der Waals surface area contributed by atoms with Gasteiger partial charge in [0.2, 0.25) is 0 Å². The van der Waals surface area contributed by atoms with Crippen LogP contribution in [0.1, 0.15) is 287 Å². The average molecular weight is 1120 g/mol. The Labute approximate surface area is 500 Å². The number of rotatable bonds is 28. The first-order valence-electron chi connectivity index (χ1n) is 25.9.